The van der Waals surface area contributed by atoms with Gasteiger partial charge in [-0.15, -0.1) is 0 Å². The van der Waals surface area contributed by atoms with Crippen molar-refractivity contribution in [2.75, 3.05) is 0 Å². The quantitative estimate of drug-likeness (QED) is 0.199. The lowest BCUT2D eigenvalue weighted by Crippen LogP contribution is -2.65. The van der Waals surface area contributed by atoms with Crippen LogP contribution in [-0.4, -0.2) is 42.2 Å². The van der Waals surface area contributed by atoms with Crippen molar-refractivity contribution in [3.05, 3.63) is 143 Å². The molecular weight excluding hydrogens is 639 g/mol. The zero-order chi connectivity index (χ0) is 33.9. The van der Waals surface area contributed by atoms with Crippen LogP contribution < -0.4 is 16.1 Å². The van der Waals surface area contributed by atoms with E-state index >= 15 is 4.39 Å². The van der Waals surface area contributed by atoms with Crippen LogP contribution >= 0.6 is 0 Å². The molecule has 2 N–H and O–H groups in total. The second-order valence-electron chi connectivity index (χ2n) is 13.5. The van der Waals surface area contributed by atoms with Crippen molar-refractivity contribution in [1.29, 1.82) is 0 Å². The van der Waals surface area contributed by atoms with Gasteiger partial charge in [0, 0.05) is 6.07 Å². The molecule has 8 nitrogen and oxygen atoms in total. The van der Waals surface area contributed by atoms with Crippen LogP contribution in [0.25, 0.3) is 28.1 Å². The summed E-state index contributed by atoms with van der Waals surface area (Å²) in [5, 5.41) is 1.35. The Hall–Kier alpha value is -5.26. The van der Waals surface area contributed by atoms with Crippen molar-refractivity contribution < 1.29 is 13.6 Å². The molecule has 0 saturated heterocycles. The first-order valence-corrected chi connectivity index (χ1v) is 18.3. The summed E-state index contributed by atoms with van der Waals surface area (Å²) in [5.74, 6) is -0.569. The van der Waals surface area contributed by atoms with Gasteiger partial charge < -0.3 is 9.78 Å². The number of hydrogen-bond acceptors (Lipinski definition) is 5. The zero-order valence-electron chi connectivity index (χ0n) is 27.0. The molecule has 0 saturated carbocycles. The maximum Gasteiger partial charge on any atom is 0.328 e. The van der Waals surface area contributed by atoms with Crippen molar-refractivity contribution in [3.8, 4) is 5.95 Å². The van der Waals surface area contributed by atoms with E-state index in [9.17, 15) is 14.0 Å². The second kappa shape index (κ2) is 11.7. The largest absolute Gasteiger partial charge is 0.424 e. The van der Waals surface area contributed by atoms with E-state index in [1.54, 1.807) is 15.2 Å². The summed E-state index contributed by atoms with van der Waals surface area (Å²) in [6.07, 6.45) is 4.97. The number of H-pyrrole nitrogens is 1. The molecule has 1 aliphatic carbocycles. The van der Waals surface area contributed by atoms with Crippen LogP contribution in [0.4, 0.5) is 8.78 Å². The molecule has 8 rings (SSSR count). The lowest BCUT2D eigenvalue weighted by Gasteiger charge is -2.44. The summed E-state index contributed by atoms with van der Waals surface area (Å²) >= 11 is 0. The van der Waals surface area contributed by atoms with Gasteiger partial charge in [0.05, 0.1) is 23.3 Å². The average Bonchev–Trinajstić information content (AvgIpc) is 3.67. The van der Waals surface area contributed by atoms with Gasteiger partial charge >= 0.3 is 5.69 Å². The third-order valence-electron chi connectivity index (χ3n) is 10.2. The third-order valence-corrected chi connectivity index (χ3v) is 14.7. The summed E-state index contributed by atoms with van der Waals surface area (Å²) < 4.78 is 32.4. The van der Waals surface area contributed by atoms with Gasteiger partial charge in [-0.25, -0.2) is 23.5 Å². The second-order valence-corrected chi connectivity index (χ2v) is 17.5. The molecule has 1 aliphatic rings. The highest BCUT2D eigenvalue weighted by Gasteiger charge is 2.51. The highest BCUT2D eigenvalue weighted by atomic mass is 28.4. The topological polar surface area (TPSA) is 102 Å². The molecule has 4 aromatic carbocycles. The first-order chi connectivity index (χ1) is 23.6. The highest BCUT2D eigenvalue weighted by Crippen LogP contribution is 2.50. The Labute approximate surface area is 281 Å². The van der Waals surface area contributed by atoms with E-state index in [0.29, 0.717) is 41.5 Å². The number of nitrogens with zero attached hydrogens (tertiary/aromatic N) is 5. The average molecular weight is 673 g/mol. The molecule has 7 aromatic rings. The number of hydrogen-bond donors (Lipinski definition) is 2. The smallest absolute Gasteiger partial charge is 0.328 e. The number of fused-ring (bicyclic) bond motifs is 3. The van der Waals surface area contributed by atoms with Crippen LogP contribution in [-0.2, 0) is 0 Å². The number of aromatic amines is 1. The van der Waals surface area contributed by atoms with Crippen LogP contribution in [0.1, 0.15) is 56.2 Å². The van der Waals surface area contributed by atoms with Crippen molar-refractivity contribution >= 4 is 40.9 Å². The highest BCUT2D eigenvalue weighted by molar-refractivity contribution is 6.98. The summed E-state index contributed by atoms with van der Waals surface area (Å²) in [5.41, 5.74) is 3.17. The fourth-order valence-corrected chi connectivity index (χ4v) is 11.7. The van der Waals surface area contributed by atoms with E-state index < -0.39 is 31.0 Å². The summed E-state index contributed by atoms with van der Waals surface area (Å²) in [7, 11) is -3.30. The zero-order valence-corrected chi connectivity index (χ0v) is 28.0. The number of rotatable bonds is 7. The van der Waals surface area contributed by atoms with Crippen LogP contribution in [0.5, 0.6) is 0 Å². The van der Waals surface area contributed by atoms with Gasteiger partial charge in [0.15, 0.2) is 5.65 Å². The van der Waals surface area contributed by atoms with Gasteiger partial charge in [-0.2, -0.15) is 4.98 Å². The molecule has 49 heavy (non-hydrogen) atoms. The standard InChI is InChI=1S/C38H34F2N6O2Si/c1-38(2,49(48,27-9-5-3-6-10-27)28-11-7-4-8-12-28)21-24-13-18-33(30-19-25(39)14-16-29(24)30)46-35-32(43-37(46)47)22-41-36(44-35)45-23-42-31-17-15-26(40)20-34(31)45/h3-12,14-17,19-20,22-24,33,48H,13,18,21H2,1-2H3,(H,43,47)/t24-,33+/m0/s1. The van der Waals surface area contributed by atoms with Crippen LogP contribution in [0.15, 0.2) is 114 Å². The fraction of sp³-hybridized carbons (Fsp3) is 0.211. The Kier molecular flexibility index (Phi) is 7.42. The van der Waals surface area contributed by atoms with Crippen LogP contribution in [0.2, 0.25) is 5.04 Å². The number of imidazole rings is 2. The predicted molar refractivity (Wildman–Crippen MR) is 188 cm³/mol. The van der Waals surface area contributed by atoms with Crippen molar-refractivity contribution in [2.45, 2.75) is 50.1 Å². The number of benzene rings is 4. The van der Waals surface area contributed by atoms with E-state index in [1.807, 2.05) is 66.7 Å². The number of aromatic nitrogens is 6. The first-order valence-electron chi connectivity index (χ1n) is 16.4. The van der Waals surface area contributed by atoms with Crippen LogP contribution in [0.3, 0.4) is 0 Å². The monoisotopic (exact) mass is 672 g/mol. The maximum absolute atomic E-state index is 15.1. The Morgan fingerprint density at radius 3 is 2.27 bits per heavy atom. The summed E-state index contributed by atoms with van der Waals surface area (Å²) in [6, 6.07) is 28.5. The Morgan fingerprint density at radius 1 is 0.878 bits per heavy atom. The molecule has 0 unspecified atom stereocenters. The molecule has 246 valence electrons. The Balaban J connectivity index is 1.20. The van der Waals surface area contributed by atoms with E-state index in [1.165, 1.54) is 36.8 Å². The van der Waals surface area contributed by atoms with Gasteiger partial charge in [0.25, 0.3) is 8.32 Å². The predicted octanol–water partition coefficient (Wildman–Crippen LogP) is 6.13. The molecule has 0 spiro atoms. The molecule has 0 fully saturated rings. The lowest BCUT2D eigenvalue weighted by atomic mass is 9.76. The normalized spacial score (nSPS) is 16.7. The van der Waals surface area contributed by atoms with E-state index in [-0.39, 0.29) is 17.6 Å². The molecule has 2 atom stereocenters. The van der Waals surface area contributed by atoms with Crippen LogP contribution in [0, 0.1) is 11.6 Å². The first kappa shape index (κ1) is 31.0. The van der Waals surface area contributed by atoms with E-state index in [2.05, 4.69) is 28.8 Å². The molecule has 0 bridgehead atoms. The van der Waals surface area contributed by atoms with Crippen molar-refractivity contribution in [1.82, 2.24) is 29.1 Å². The number of halogens is 2. The number of nitrogens with one attached hydrogen (secondary N) is 1. The Morgan fingerprint density at radius 2 is 1.55 bits per heavy atom. The summed E-state index contributed by atoms with van der Waals surface area (Å²) in [4.78, 5) is 42.9. The van der Waals surface area contributed by atoms with E-state index in [0.717, 1.165) is 21.5 Å². The molecule has 0 aliphatic heterocycles. The molecule has 3 heterocycles. The van der Waals surface area contributed by atoms with Gasteiger partial charge in [-0.1, -0.05) is 80.6 Å². The molecule has 3 aromatic heterocycles. The minimum atomic E-state index is -3.30. The van der Waals surface area contributed by atoms with Gasteiger partial charge in [-0.3, -0.25) is 9.13 Å². The molecular formula is C38H34F2N6O2Si. The van der Waals surface area contributed by atoms with Gasteiger partial charge in [0.2, 0.25) is 5.95 Å². The molecule has 11 heteroatoms. The summed E-state index contributed by atoms with van der Waals surface area (Å²) in [6.45, 7) is 4.28. The lowest BCUT2D eigenvalue weighted by molar-refractivity contribution is 0.376. The van der Waals surface area contributed by atoms with Gasteiger partial charge in [0.1, 0.15) is 23.5 Å². The maximum atomic E-state index is 15.1. The Bertz CT molecular complexity index is 2350. The third kappa shape index (κ3) is 5.12. The SMILES string of the molecule is CC(C)(C[C@@H]1CC[C@@H](n2c(=O)[nH]c3cnc(-n4cnc5ccc(F)cc54)nc32)c2cc(F)ccc21)[Si](O)(c1ccccc1)c1ccccc1. The fourth-order valence-electron chi connectivity index (χ4n) is 7.88. The minimum Gasteiger partial charge on any atom is -0.424 e. The van der Waals surface area contributed by atoms with E-state index in [4.69, 9.17) is 4.98 Å². The molecule has 0 radical (unpaired) electrons. The molecule has 0 amide bonds. The minimum absolute atomic E-state index is 0.00611. The van der Waals surface area contributed by atoms with Crippen molar-refractivity contribution in [3.63, 3.8) is 0 Å². The van der Waals surface area contributed by atoms with Crippen molar-refractivity contribution in [2.24, 2.45) is 0 Å². The van der Waals surface area contributed by atoms with Gasteiger partial charge in [-0.05, 0) is 76.0 Å².